The van der Waals surface area contributed by atoms with Crippen molar-refractivity contribution in [3.8, 4) is 0 Å². The van der Waals surface area contributed by atoms with Gasteiger partial charge in [-0.25, -0.2) is 0 Å². The van der Waals surface area contributed by atoms with Gasteiger partial charge in [0.1, 0.15) is 0 Å². The highest BCUT2D eigenvalue weighted by molar-refractivity contribution is 6.60. The molecule has 0 amide bonds. The van der Waals surface area contributed by atoms with E-state index in [1.165, 1.54) is 250 Å². The highest BCUT2D eigenvalue weighted by Crippen LogP contribution is 2.38. The Labute approximate surface area is 325 Å². The van der Waals surface area contributed by atoms with Crippen LogP contribution in [0.25, 0.3) is 0 Å². The van der Waals surface area contributed by atoms with Crippen LogP contribution in [0.15, 0.2) is 0 Å². The summed E-state index contributed by atoms with van der Waals surface area (Å²) in [6.07, 6.45) is 53.0. The molecule has 0 aromatic heterocycles. The van der Waals surface area contributed by atoms with Gasteiger partial charge in [-0.2, -0.15) is 0 Å². The average Bonchev–Trinajstić information content (AvgIpc) is 3.14. The molecule has 0 radical (unpaired) electrons. The van der Waals surface area contributed by atoms with Gasteiger partial charge >= 0.3 is 8.80 Å². The Hall–Kier alpha value is 0.0969. The summed E-state index contributed by atoms with van der Waals surface area (Å²) in [5.41, 5.74) is -0.0824. The molecule has 0 saturated carbocycles. The van der Waals surface area contributed by atoms with E-state index in [4.69, 9.17) is 13.3 Å². The van der Waals surface area contributed by atoms with Crippen LogP contribution in [-0.4, -0.2) is 28.6 Å². The van der Waals surface area contributed by atoms with Crippen molar-refractivity contribution in [1.82, 2.24) is 0 Å². The van der Waals surface area contributed by atoms with Gasteiger partial charge in [-0.15, -0.1) is 0 Å². The van der Waals surface area contributed by atoms with Gasteiger partial charge in [-0.05, 0) is 25.7 Å². The van der Waals surface area contributed by atoms with Gasteiger partial charge in [0.25, 0.3) is 0 Å². The van der Waals surface area contributed by atoms with Gasteiger partial charge in [-0.1, -0.05) is 252 Å². The zero-order valence-electron chi connectivity index (χ0n) is 36.5. The normalized spacial score (nSPS) is 12.4. The second kappa shape index (κ2) is 39.8. The van der Waals surface area contributed by atoms with Crippen LogP contribution in [0, 0.1) is 0 Å². The van der Waals surface area contributed by atoms with Crippen molar-refractivity contribution in [1.29, 1.82) is 0 Å². The Morgan fingerprint density at radius 2 is 0.510 bits per heavy atom. The quantitative estimate of drug-likeness (QED) is 0.0460. The zero-order valence-corrected chi connectivity index (χ0v) is 37.5. The molecule has 0 aromatic carbocycles. The molecule has 0 aliphatic carbocycles. The lowest BCUT2D eigenvalue weighted by Gasteiger charge is -2.41. The van der Waals surface area contributed by atoms with Gasteiger partial charge in [0.15, 0.2) is 0 Å². The van der Waals surface area contributed by atoms with Crippen molar-refractivity contribution in [2.75, 3.05) is 14.2 Å². The predicted octanol–water partition coefficient (Wildman–Crippen LogP) is 17.3. The van der Waals surface area contributed by atoms with Crippen molar-refractivity contribution in [3.63, 3.8) is 0 Å². The fourth-order valence-electron chi connectivity index (χ4n) is 8.21. The first-order chi connectivity index (χ1) is 25.1. The van der Waals surface area contributed by atoms with E-state index in [1.54, 1.807) is 0 Å². The third kappa shape index (κ3) is 32.1. The molecule has 308 valence electrons. The molecular weight excluding hydrogens is 641 g/mol. The Morgan fingerprint density at radius 3 is 0.745 bits per heavy atom. The van der Waals surface area contributed by atoms with E-state index >= 15 is 0 Å². The molecule has 0 spiro atoms. The zero-order chi connectivity index (χ0) is 37.4. The Bertz CT molecular complexity index is 596. The van der Waals surface area contributed by atoms with Crippen LogP contribution in [0.5, 0.6) is 0 Å². The van der Waals surface area contributed by atoms with E-state index in [2.05, 4.69) is 27.7 Å². The van der Waals surface area contributed by atoms with Gasteiger partial charge in [-0.3, -0.25) is 0 Å². The first kappa shape index (κ1) is 51.1. The summed E-state index contributed by atoms with van der Waals surface area (Å²) in [5, 5.41) is 0. The second-order valence-electron chi connectivity index (χ2n) is 16.7. The van der Waals surface area contributed by atoms with Crippen molar-refractivity contribution < 1.29 is 13.3 Å². The third-order valence-corrected chi connectivity index (χ3v) is 14.7. The van der Waals surface area contributed by atoms with Crippen LogP contribution >= 0.6 is 0 Å². The molecule has 0 aromatic rings. The Balaban J connectivity index is 5.46. The minimum atomic E-state index is -2.75. The minimum absolute atomic E-state index is 0.0824. The maximum Gasteiger partial charge on any atom is 0.500 e. The average molecular weight is 739 g/mol. The molecule has 0 aliphatic heterocycles. The van der Waals surface area contributed by atoms with Crippen LogP contribution in [0.2, 0.25) is 6.04 Å². The van der Waals surface area contributed by atoms with Crippen molar-refractivity contribution >= 4 is 8.80 Å². The molecule has 3 nitrogen and oxygen atoms in total. The maximum atomic E-state index is 7.51. The highest BCUT2D eigenvalue weighted by atomic mass is 28.4. The van der Waals surface area contributed by atoms with Gasteiger partial charge < -0.3 is 13.3 Å². The van der Waals surface area contributed by atoms with Crippen molar-refractivity contribution in [2.24, 2.45) is 0 Å². The Morgan fingerprint density at radius 1 is 0.294 bits per heavy atom. The summed E-state index contributed by atoms with van der Waals surface area (Å²) in [6.45, 7) is 9.26. The van der Waals surface area contributed by atoms with Crippen molar-refractivity contribution in [3.05, 3.63) is 0 Å². The molecule has 51 heavy (non-hydrogen) atoms. The topological polar surface area (TPSA) is 27.7 Å². The summed E-state index contributed by atoms with van der Waals surface area (Å²) in [4.78, 5) is 0. The van der Waals surface area contributed by atoms with Crippen LogP contribution in [0.4, 0.5) is 0 Å². The Kier molecular flexibility index (Phi) is 39.9. The van der Waals surface area contributed by atoms with Gasteiger partial charge in [0.05, 0.1) is 5.60 Å². The van der Waals surface area contributed by atoms with E-state index in [0.717, 1.165) is 6.04 Å². The van der Waals surface area contributed by atoms with Crippen molar-refractivity contribution in [2.45, 2.75) is 290 Å². The molecule has 0 saturated heterocycles. The maximum absolute atomic E-state index is 7.51. The molecular formula is C47H98O3Si. The SMILES string of the molecule is CCCCCCCCCCCC(CCCCCCCCCCC)(CCCCCCCCCCC)O[Si](CCCCCCCCCCC)(OC)OC. The summed E-state index contributed by atoms with van der Waals surface area (Å²) >= 11 is 0. The van der Waals surface area contributed by atoms with E-state index in [0.29, 0.717) is 0 Å². The van der Waals surface area contributed by atoms with Crippen LogP contribution in [-0.2, 0) is 13.3 Å². The first-order valence-corrected chi connectivity index (χ1v) is 25.8. The summed E-state index contributed by atoms with van der Waals surface area (Å²) in [5.74, 6) is 0. The first-order valence-electron chi connectivity index (χ1n) is 23.9. The monoisotopic (exact) mass is 739 g/mol. The smallest absolute Gasteiger partial charge is 0.377 e. The highest BCUT2D eigenvalue weighted by Gasteiger charge is 2.46. The number of hydrogen-bond donors (Lipinski definition) is 0. The predicted molar refractivity (Wildman–Crippen MR) is 231 cm³/mol. The molecule has 0 unspecified atom stereocenters. The molecule has 0 N–H and O–H groups in total. The molecule has 0 aliphatic rings. The van der Waals surface area contributed by atoms with Gasteiger partial charge in [0, 0.05) is 20.3 Å². The summed E-state index contributed by atoms with van der Waals surface area (Å²) in [6, 6.07) is 0.977. The molecule has 0 heterocycles. The molecule has 0 fully saturated rings. The fourth-order valence-corrected chi connectivity index (χ4v) is 10.7. The second-order valence-corrected chi connectivity index (χ2v) is 19.6. The van der Waals surface area contributed by atoms with Crippen LogP contribution < -0.4 is 0 Å². The molecule has 4 heteroatoms. The number of hydrogen-bond acceptors (Lipinski definition) is 3. The molecule has 0 atom stereocenters. The van der Waals surface area contributed by atoms with E-state index in [9.17, 15) is 0 Å². The molecule has 0 rings (SSSR count). The van der Waals surface area contributed by atoms with Crippen LogP contribution in [0.3, 0.4) is 0 Å². The number of unbranched alkanes of at least 4 members (excludes halogenated alkanes) is 32. The fraction of sp³-hybridized carbons (Fsp3) is 1.00. The van der Waals surface area contributed by atoms with E-state index < -0.39 is 8.80 Å². The largest absolute Gasteiger partial charge is 0.500 e. The minimum Gasteiger partial charge on any atom is -0.377 e. The lowest BCUT2D eigenvalue weighted by atomic mass is 9.85. The summed E-state index contributed by atoms with van der Waals surface area (Å²) in [7, 11) is 1.04. The lowest BCUT2D eigenvalue weighted by Crippen LogP contribution is -2.52. The standard InChI is InChI=1S/C47H98O3Si/c1-7-11-15-19-23-27-31-35-39-43-47(44-40-36-32-28-24-20-16-12-8-2,45-41-37-33-29-25-21-17-13-9-3)50-51(48-5,49-6)46-42-38-34-30-26-22-18-14-10-4/h7-46H2,1-6H3. The summed E-state index contributed by atoms with van der Waals surface area (Å²) < 4.78 is 20.3. The number of rotatable bonds is 44. The van der Waals surface area contributed by atoms with Crippen LogP contribution in [0.1, 0.15) is 278 Å². The van der Waals surface area contributed by atoms with E-state index in [1.807, 2.05) is 14.2 Å². The lowest BCUT2D eigenvalue weighted by molar-refractivity contribution is -0.0390. The van der Waals surface area contributed by atoms with Gasteiger partial charge in [0.2, 0.25) is 0 Å². The van der Waals surface area contributed by atoms with E-state index in [-0.39, 0.29) is 5.60 Å². The molecule has 0 bridgehead atoms. The third-order valence-electron chi connectivity index (χ3n) is 11.8.